The fraction of sp³-hybridized carbons (Fsp3) is 0.852. The average molecular weight is 532 g/mol. The second-order valence-corrected chi connectivity index (χ2v) is 11.5. The highest BCUT2D eigenvalue weighted by Crippen LogP contribution is 2.30. The first-order valence-electron chi connectivity index (χ1n) is 13.0. The van der Waals surface area contributed by atoms with E-state index in [2.05, 4.69) is 28.6 Å². The quantitative estimate of drug-likeness (QED) is 0.286. The van der Waals surface area contributed by atoms with Crippen molar-refractivity contribution in [1.29, 1.82) is 0 Å². The molecule has 0 aromatic carbocycles. The molecule has 4 atom stereocenters. The average Bonchev–Trinajstić information content (AvgIpc) is 2.77. The summed E-state index contributed by atoms with van der Waals surface area (Å²) in [4.78, 5) is 44.3. The van der Waals surface area contributed by atoms with Crippen molar-refractivity contribution >= 4 is 24.2 Å². The molecule has 1 heterocycles. The van der Waals surface area contributed by atoms with E-state index >= 15 is 0 Å². The minimum Gasteiger partial charge on any atom is -0.469 e. The van der Waals surface area contributed by atoms with Gasteiger partial charge in [0.1, 0.15) is 11.2 Å². The molecule has 2 aliphatic rings. The summed E-state index contributed by atoms with van der Waals surface area (Å²) in [5.41, 5.74) is -1.39. The number of esters is 2. The molecule has 10 nitrogen and oxygen atoms in total. The van der Waals surface area contributed by atoms with Crippen LogP contribution in [0.4, 0.5) is 9.59 Å². The molecule has 1 aliphatic heterocycles. The second-order valence-electron chi connectivity index (χ2n) is 11.5. The van der Waals surface area contributed by atoms with E-state index in [0.717, 1.165) is 25.9 Å². The molecule has 1 N–H and O–H groups in total. The summed E-state index contributed by atoms with van der Waals surface area (Å²) in [6.07, 6.45) is 3.61. The lowest BCUT2D eigenvalue weighted by Gasteiger charge is -2.26. The van der Waals surface area contributed by atoms with Gasteiger partial charge in [-0.1, -0.05) is 26.7 Å². The molecule has 0 bridgehead atoms. The molecule has 2 fully saturated rings. The molecule has 0 aromatic heterocycles. The maximum absolute atomic E-state index is 11.2. The van der Waals surface area contributed by atoms with Crippen LogP contribution < -0.4 is 5.32 Å². The summed E-state index contributed by atoms with van der Waals surface area (Å²) >= 11 is 0. The molecule has 0 amide bonds. The third kappa shape index (κ3) is 16.2. The highest BCUT2D eigenvalue weighted by molar-refractivity contribution is 5.77. The van der Waals surface area contributed by atoms with Crippen molar-refractivity contribution in [3.8, 4) is 0 Å². The highest BCUT2D eigenvalue weighted by atomic mass is 16.8. The zero-order valence-corrected chi connectivity index (χ0v) is 24.4. The fourth-order valence-corrected chi connectivity index (χ4v) is 3.88. The SMILES string of the molecule is CC(C)(C)OC(=O)OC(=O)OC(C)(C)C.COC(=O)C1CCCCC1C.COC(=O)C1CNCCC1C. The zero-order chi connectivity index (χ0) is 28.8. The molecule has 0 radical (unpaired) electrons. The molecule has 2 rings (SSSR count). The number of nitrogens with one attached hydrogen (secondary N) is 1. The minimum absolute atomic E-state index is 0.0165. The lowest BCUT2D eigenvalue weighted by molar-refractivity contribution is -0.149. The van der Waals surface area contributed by atoms with Crippen LogP contribution in [0.5, 0.6) is 0 Å². The van der Waals surface area contributed by atoms with Gasteiger partial charge in [-0.25, -0.2) is 9.59 Å². The fourth-order valence-electron chi connectivity index (χ4n) is 3.88. The van der Waals surface area contributed by atoms with Gasteiger partial charge in [-0.2, -0.15) is 0 Å². The van der Waals surface area contributed by atoms with Crippen molar-refractivity contribution in [2.75, 3.05) is 27.3 Å². The molecule has 0 spiro atoms. The lowest BCUT2D eigenvalue weighted by Crippen LogP contribution is -2.40. The molecule has 1 aliphatic carbocycles. The third-order valence-corrected chi connectivity index (χ3v) is 5.89. The Labute approximate surface area is 222 Å². The van der Waals surface area contributed by atoms with Crippen molar-refractivity contribution < 1.29 is 42.9 Å². The standard InChI is InChI=1S/C10H18O5.C9H16O2.C8H15NO2/c1-9(2,3)14-7(11)13-8(12)15-10(4,5)6;1-7-5-3-4-6-8(7)9(10)11-2;1-6-3-4-9-5-7(6)8(10)11-2/h1-6H3;7-8H,3-6H2,1-2H3;6-7,9H,3-5H2,1-2H3. The summed E-state index contributed by atoms with van der Waals surface area (Å²) in [5, 5.41) is 3.18. The van der Waals surface area contributed by atoms with Crippen molar-refractivity contribution in [3.63, 3.8) is 0 Å². The van der Waals surface area contributed by atoms with E-state index in [9.17, 15) is 19.2 Å². The second kappa shape index (κ2) is 16.5. The van der Waals surface area contributed by atoms with E-state index in [4.69, 9.17) is 14.2 Å². The number of methoxy groups -OCH3 is 2. The minimum atomic E-state index is -1.06. The normalized spacial score (nSPS) is 23.5. The van der Waals surface area contributed by atoms with Crippen LogP contribution in [0.2, 0.25) is 0 Å². The lowest BCUT2D eigenvalue weighted by atomic mass is 9.80. The predicted molar refractivity (Wildman–Crippen MR) is 139 cm³/mol. The van der Waals surface area contributed by atoms with Crippen molar-refractivity contribution in [2.45, 2.75) is 98.7 Å². The van der Waals surface area contributed by atoms with E-state index in [1.807, 2.05) is 0 Å². The first-order valence-corrected chi connectivity index (χ1v) is 13.0. The number of hydrogen-bond donors (Lipinski definition) is 1. The Balaban J connectivity index is 0.000000534. The van der Waals surface area contributed by atoms with Gasteiger partial charge >= 0.3 is 24.2 Å². The summed E-state index contributed by atoms with van der Waals surface area (Å²) < 4.78 is 23.2. The molecular weight excluding hydrogens is 482 g/mol. The molecule has 1 saturated carbocycles. The number of rotatable bonds is 2. The van der Waals surface area contributed by atoms with Crippen LogP contribution in [-0.2, 0) is 33.3 Å². The van der Waals surface area contributed by atoms with Crippen LogP contribution in [0.25, 0.3) is 0 Å². The van der Waals surface area contributed by atoms with Gasteiger partial charge in [0, 0.05) is 6.54 Å². The number of hydrogen-bond acceptors (Lipinski definition) is 10. The number of piperidine rings is 1. The third-order valence-electron chi connectivity index (χ3n) is 5.89. The molecule has 1 saturated heterocycles. The van der Waals surface area contributed by atoms with Gasteiger partial charge in [0.25, 0.3) is 0 Å². The summed E-state index contributed by atoms with van der Waals surface area (Å²) in [5.74, 6) is 1.13. The molecule has 4 unspecified atom stereocenters. The topological polar surface area (TPSA) is 126 Å². The molecule has 10 heteroatoms. The van der Waals surface area contributed by atoms with E-state index < -0.39 is 23.5 Å². The molecule has 0 aromatic rings. The van der Waals surface area contributed by atoms with Gasteiger partial charge in [-0.3, -0.25) is 9.59 Å². The van der Waals surface area contributed by atoms with E-state index in [1.54, 1.807) is 41.5 Å². The van der Waals surface area contributed by atoms with Gasteiger partial charge in [-0.15, -0.1) is 0 Å². The summed E-state index contributed by atoms with van der Waals surface area (Å²) in [7, 11) is 2.92. The molecule has 216 valence electrons. The maximum Gasteiger partial charge on any atom is 0.519 e. The zero-order valence-electron chi connectivity index (χ0n) is 24.4. The van der Waals surface area contributed by atoms with Crippen molar-refractivity contribution in [2.24, 2.45) is 23.7 Å². The number of carbonyl (C=O) groups is 4. The van der Waals surface area contributed by atoms with Crippen LogP contribution in [0.1, 0.15) is 87.5 Å². The van der Waals surface area contributed by atoms with Crippen LogP contribution in [0, 0.1) is 23.7 Å². The van der Waals surface area contributed by atoms with E-state index in [-0.39, 0.29) is 23.8 Å². The van der Waals surface area contributed by atoms with Gasteiger partial charge in [0.05, 0.1) is 26.1 Å². The van der Waals surface area contributed by atoms with Crippen LogP contribution in [0.3, 0.4) is 0 Å². The van der Waals surface area contributed by atoms with Crippen LogP contribution >= 0.6 is 0 Å². The smallest absolute Gasteiger partial charge is 0.469 e. The Morgan fingerprint density at radius 1 is 0.676 bits per heavy atom. The van der Waals surface area contributed by atoms with Crippen LogP contribution in [-0.4, -0.2) is 62.8 Å². The Kier molecular flexibility index (Phi) is 15.4. The van der Waals surface area contributed by atoms with Crippen molar-refractivity contribution in [3.05, 3.63) is 0 Å². The Morgan fingerprint density at radius 2 is 1.11 bits per heavy atom. The van der Waals surface area contributed by atoms with Gasteiger partial charge < -0.3 is 29.0 Å². The van der Waals surface area contributed by atoms with E-state index in [1.165, 1.54) is 33.5 Å². The Bertz CT molecular complexity index is 664. The Morgan fingerprint density at radius 3 is 1.51 bits per heavy atom. The first kappa shape index (κ1) is 34.6. The van der Waals surface area contributed by atoms with Gasteiger partial charge in [0.15, 0.2) is 0 Å². The summed E-state index contributed by atoms with van der Waals surface area (Å²) in [6, 6.07) is 0. The van der Waals surface area contributed by atoms with E-state index in [0.29, 0.717) is 11.8 Å². The first-order chi connectivity index (χ1) is 17.0. The number of carbonyl (C=O) groups excluding carboxylic acids is 4. The van der Waals surface area contributed by atoms with Gasteiger partial charge in [-0.05, 0) is 79.2 Å². The van der Waals surface area contributed by atoms with Crippen LogP contribution in [0.15, 0.2) is 0 Å². The number of ether oxygens (including phenoxy) is 5. The predicted octanol–water partition coefficient (Wildman–Crippen LogP) is 5.26. The largest absolute Gasteiger partial charge is 0.519 e. The maximum atomic E-state index is 11.2. The monoisotopic (exact) mass is 531 g/mol. The Hall–Kier alpha value is -2.36. The summed E-state index contributed by atoms with van der Waals surface area (Å²) in [6.45, 7) is 16.1. The van der Waals surface area contributed by atoms with Crippen molar-refractivity contribution in [1.82, 2.24) is 5.32 Å². The molecule has 37 heavy (non-hydrogen) atoms. The van der Waals surface area contributed by atoms with Gasteiger partial charge in [0.2, 0.25) is 0 Å². The highest BCUT2D eigenvalue weighted by Gasteiger charge is 2.29. The molecular formula is C27H49NO9.